The van der Waals surface area contributed by atoms with Crippen LogP contribution in [0.15, 0.2) is 36.4 Å². The summed E-state index contributed by atoms with van der Waals surface area (Å²) in [4.78, 5) is 0. The maximum Gasteiger partial charge on any atom is 0.132 e. The molecule has 1 atom stereocenters. The summed E-state index contributed by atoms with van der Waals surface area (Å²) in [5, 5.41) is 0.670. The van der Waals surface area contributed by atoms with E-state index in [1.54, 1.807) is 0 Å². The Morgan fingerprint density at radius 1 is 1.10 bits per heavy atom. The Morgan fingerprint density at radius 3 is 2.38 bits per heavy atom. The maximum atomic E-state index is 6.10. The first-order valence-corrected chi connectivity index (χ1v) is 7.66. The van der Waals surface area contributed by atoms with E-state index >= 15 is 0 Å². The van der Waals surface area contributed by atoms with Crippen molar-refractivity contribution in [2.75, 3.05) is 0 Å². The molecule has 0 aliphatic carbocycles. The summed E-state index contributed by atoms with van der Waals surface area (Å²) in [6.07, 6.45) is 1.72. The van der Waals surface area contributed by atoms with Gasteiger partial charge in [0.05, 0.1) is 0 Å². The van der Waals surface area contributed by atoms with E-state index in [0.717, 1.165) is 29.9 Å². The number of benzene rings is 2. The van der Waals surface area contributed by atoms with Gasteiger partial charge in [0.15, 0.2) is 0 Å². The molecule has 2 aromatic carbocycles. The number of aryl methyl sites for hydroxylation is 2. The fourth-order valence-electron chi connectivity index (χ4n) is 2.34. The van der Waals surface area contributed by atoms with Gasteiger partial charge < -0.3 is 10.5 Å². The molecule has 0 aliphatic rings. The molecule has 0 amide bonds. The number of rotatable bonds is 5. The van der Waals surface area contributed by atoms with Gasteiger partial charge in [-0.25, -0.2) is 0 Å². The lowest BCUT2D eigenvalue weighted by Crippen LogP contribution is -2.21. The minimum absolute atomic E-state index is 0.132. The second kappa shape index (κ2) is 6.97. The minimum atomic E-state index is 0.132. The highest BCUT2D eigenvalue weighted by atomic mass is 35.5. The SMILES string of the molecule is CCC(N)Cc1ccc(Cl)cc1Oc1cc(C)cc(C)c1. The average molecular weight is 304 g/mol. The highest BCUT2D eigenvalue weighted by molar-refractivity contribution is 6.30. The molecule has 2 N–H and O–H groups in total. The van der Waals surface area contributed by atoms with Crippen molar-refractivity contribution in [1.82, 2.24) is 0 Å². The van der Waals surface area contributed by atoms with Gasteiger partial charge in [-0.15, -0.1) is 0 Å². The van der Waals surface area contributed by atoms with E-state index in [4.69, 9.17) is 22.1 Å². The summed E-state index contributed by atoms with van der Waals surface area (Å²) in [7, 11) is 0. The summed E-state index contributed by atoms with van der Waals surface area (Å²) < 4.78 is 6.06. The third-order valence-corrected chi connectivity index (χ3v) is 3.69. The first kappa shape index (κ1) is 15.9. The van der Waals surface area contributed by atoms with Gasteiger partial charge >= 0.3 is 0 Å². The minimum Gasteiger partial charge on any atom is -0.457 e. The van der Waals surface area contributed by atoms with Crippen molar-refractivity contribution in [1.29, 1.82) is 0 Å². The highest BCUT2D eigenvalue weighted by Gasteiger charge is 2.10. The lowest BCUT2D eigenvalue weighted by Gasteiger charge is -2.15. The summed E-state index contributed by atoms with van der Waals surface area (Å²) >= 11 is 6.10. The van der Waals surface area contributed by atoms with E-state index in [1.807, 2.05) is 30.3 Å². The summed E-state index contributed by atoms with van der Waals surface area (Å²) in [5.74, 6) is 1.62. The molecule has 0 heterocycles. The fraction of sp³-hybridized carbons (Fsp3) is 0.333. The van der Waals surface area contributed by atoms with E-state index in [0.29, 0.717) is 5.02 Å². The Labute approximate surface area is 131 Å². The van der Waals surface area contributed by atoms with E-state index < -0.39 is 0 Å². The zero-order valence-electron chi connectivity index (χ0n) is 12.8. The Morgan fingerprint density at radius 2 is 1.76 bits per heavy atom. The third-order valence-electron chi connectivity index (χ3n) is 3.46. The number of ether oxygens (including phenoxy) is 1. The Hall–Kier alpha value is -1.51. The van der Waals surface area contributed by atoms with Crippen molar-refractivity contribution >= 4 is 11.6 Å². The van der Waals surface area contributed by atoms with Gasteiger partial charge in [-0.2, -0.15) is 0 Å². The van der Waals surface area contributed by atoms with E-state index in [2.05, 4.69) is 26.8 Å². The Balaban J connectivity index is 2.31. The third kappa shape index (κ3) is 4.48. The Kier molecular flexibility index (Phi) is 5.27. The number of hydrogen-bond acceptors (Lipinski definition) is 2. The van der Waals surface area contributed by atoms with Crippen LogP contribution in [0.25, 0.3) is 0 Å². The van der Waals surface area contributed by atoms with Crippen molar-refractivity contribution in [3.8, 4) is 11.5 Å². The maximum absolute atomic E-state index is 6.10. The van der Waals surface area contributed by atoms with Gasteiger partial charge in [-0.1, -0.05) is 30.7 Å². The number of nitrogens with two attached hydrogens (primary N) is 1. The molecule has 3 heteroatoms. The Bertz CT molecular complexity index is 604. The quantitative estimate of drug-likeness (QED) is 0.841. The fourth-order valence-corrected chi connectivity index (χ4v) is 2.50. The van der Waals surface area contributed by atoms with Crippen LogP contribution in [-0.4, -0.2) is 6.04 Å². The standard InChI is InChI=1S/C18H22ClNO/c1-4-16(20)10-14-5-6-15(19)11-18(14)21-17-8-12(2)7-13(3)9-17/h5-9,11,16H,4,10,20H2,1-3H3. The molecule has 0 aliphatic heterocycles. The van der Waals surface area contributed by atoms with Crippen molar-refractivity contribution in [3.05, 3.63) is 58.1 Å². The topological polar surface area (TPSA) is 35.2 Å². The van der Waals surface area contributed by atoms with Crippen LogP contribution < -0.4 is 10.5 Å². The van der Waals surface area contributed by atoms with Gasteiger partial charge in [0.25, 0.3) is 0 Å². The first-order valence-electron chi connectivity index (χ1n) is 7.28. The lowest BCUT2D eigenvalue weighted by atomic mass is 10.0. The van der Waals surface area contributed by atoms with Crippen LogP contribution in [0.1, 0.15) is 30.0 Å². The van der Waals surface area contributed by atoms with Crippen LogP contribution in [-0.2, 0) is 6.42 Å². The predicted octanol–water partition coefficient (Wildman–Crippen LogP) is 5.03. The average Bonchev–Trinajstić information content (AvgIpc) is 2.40. The zero-order chi connectivity index (χ0) is 15.4. The summed E-state index contributed by atoms with van der Waals surface area (Å²) in [6, 6.07) is 12.0. The van der Waals surface area contributed by atoms with E-state index in [1.165, 1.54) is 11.1 Å². The molecule has 21 heavy (non-hydrogen) atoms. The first-order chi connectivity index (χ1) is 9.97. The van der Waals surface area contributed by atoms with Crippen LogP contribution in [0.5, 0.6) is 11.5 Å². The molecule has 0 radical (unpaired) electrons. The van der Waals surface area contributed by atoms with Crippen molar-refractivity contribution < 1.29 is 4.74 Å². The van der Waals surface area contributed by atoms with Crippen molar-refractivity contribution in [2.24, 2.45) is 5.73 Å². The van der Waals surface area contributed by atoms with Gasteiger partial charge in [0.1, 0.15) is 11.5 Å². The summed E-state index contributed by atoms with van der Waals surface area (Å²) in [6.45, 7) is 6.21. The molecule has 2 aromatic rings. The molecule has 1 unspecified atom stereocenters. The monoisotopic (exact) mass is 303 g/mol. The molecule has 0 spiro atoms. The molecular weight excluding hydrogens is 282 g/mol. The van der Waals surface area contributed by atoms with Gasteiger partial charge in [-0.3, -0.25) is 0 Å². The predicted molar refractivity (Wildman–Crippen MR) is 89.4 cm³/mol. The molecule has 2 nitrogen and oxygen atoms in total. The molecule has 0 saturated carbocycles. The second-order valence-electron chi connectivity index (χ2n) is 5.55. The van der Waals surface area contributed by atoms with Gasteiger partial charge in [0.2, 0.25) is 0 Å². The normalized spacial score (nSPS) is 12.2. The lowest BCUT2D eigenvalue weighted by molar-refractivity contribution is 0.471. The smallest absolute Gasteiger partial charge is 0.132 e. The second-order valence-corrected chi connectivity index (χ2v) is 5.99. The van der Waals surface area contributed by atoms with E-state index in [-0.39, 0.29) is 6.04 Å². The van der Waals surface area contributed by atoms with Crippen LogP contribution in [0.2, 0.25) is 5.02 Å². The number of hydrogen-bond donors (Lipinski definition) is 1. The zero-order valence-corrected chi connectivity index (χ0v) is 13.6. The molecule has 0 fully saturated rings. The molecule has 0 bridgehead atoms. The van der Waals surface area contributed by atoms with Crippen LogP contribution in [0, 0.1) is 13.8 Å². The molecule has 2 rings (SSSR count). The van der Waals surface area contributed by atoms with Crippen LogP contribution in [0.3, 0.4) is 0 Å². The van der Waals surface area contributed by atoms with Gasteiger partial charge in [-0.05, 0) is 67.6 Å². The van der Waals surface area contributed by atoms with Crippen molar-refractivity contribution in [2.45, 2.75) is 39.7 Å². The molecule has 112 valence electrons. The van der Waals surface area contributed by atoms with Crippen LogP contribution in [0.4, 0.5) is 0 Å². The van der Waals surface area contributed by atoms with E-state index in [9.17, 15) is 0 Å². The summed E-state index contributed by atoms with van der Waals surface area (Å²) in [5.41, 5.74) is 9.51. The van der Waals surface area contributed by atoms with Crippen LogP contribution >= 0.6 is 11.6 Å². The van der Waals surface area contributed by atoms with Crippen molar-refractivity contribution in [3.63, 3.8) is 0 Å². The number of halogens is 1. The molecule has 0 saturated heterocycles. The van der Waals surface area contributed by atoms with Gasteiger partial charge in [0, 0.05) is 11.1 Å². The molecule has 0 aromatic heterocycles. The largest absolute Gasteiger partial charge is 0.457 e. The molecular formula is C18H22ClNO. The highest BCUT2D eigenvalue weighted by Crippen LogP contribution is 2.30.